The average molecular weight is 435 g/mol. The minimum Gasteiger partial charge on any atom is -0.497 e. The first-order valence-electron chi connectivity index (χ1n) is 9.42. The average Bonchev–Trinajstić information content (AvgIpc) is 2.83. The number of nitrogens with zero attached hydrogens (tertiary/aromatic N) is 1. The Morgan fingerprint density at radius 2 is 1.87 bits per heavy atom. The molecule has 0 saturated heterocycles. The van der Waals surface area contributed by atoms with Crippen molar-refractivity contribution in [2.45, 2.75) is 31.5 Å². The molecule has 6 nitrogen and oxygen atoms in total. The summed E-state index contributed by atoms with van der Waals surface area (Å²) >= 11 is 0. The summed E-state index contributed by atoms with van der Waals surface area (Å²) in [5, 5.41) is 0. The van der Waals surface area contributed by atoms with E-state index in [2.05, 4.69) is 0 Å². The third kappa shape index (κ3) is 4.55. The lowest BCUT2D eigenvalue weighted by Crippen LogP contribution is -2.44. The molecule has 31 heavy (non-hydrogen) atoms. The lowest BCUT2D eigenvalue weighted by molar-refractivity contribution is -0.154. The maximum absolute atomic E-state index is 13.8. The van der Waals surface area contributed by atoms with Crippen molar-refractivity contribution in [2.75, 3.05) is 18.6 Å². The largest absolute Gasteiger partial charge is 0.497 e. The number of halogens is 3. The zero-order chi connectivity index (χ0) is 22.8. The van der Waals surface area contributed by atoms with E-state index in [1.54, 1.807) is 24.3 Å². The Kier molecular flexibility index (Phi) is 6.33. The van der Waals surface area contributed by atoms with Crippen LogP contribution in [0.25, 0.3) is 0 Å². The predicted octanol–water partition coefficient (Wildman–Crippen LogP) is 3.52. The molecule has 0 saturated carbocycles. The molecule has 1 amide bonds. The minimum atomic E-state index is -4.67. The van der Waals surface area contributed by atoms with Gasteiger partial charge in [-0.15, -0.1) is 0 Å². The van der Waals surface area contributed by atoms with Crippen LogP contribution < -0.4 is 9.64 Å². The normalized spacial score (nSPS) is 18.7. The maximum Gasteiger partial charge on any atom is 0.416 e. The number of aldehydes is 1. The van der Waals surface area contributed by atoms with Crippen LogP contribution in [-0.4, -0.2) is 37.9 Å². The second-order valence-corrected chi connectivity index (χ2v) is 7.03. The number of hydrogen-bond acceptors (Lipinski definition) is 5. The number of amides is 1. The molecule has 0 aromatic heterocycles. The van der Waals surface area contributed by atoms with Gasteiger partial charge in [-0.25, -0.2) is 0 Å². The van der Waals surface area contributed by atoms with Crippen molar-refractivity contribution < 1.29 is 37.0 Å². The second kappa shape index (κ2) is 8.79. The molecule has 9 heteroatoms. The summed E-state index contributed by atoms with van der Waals surface area (Å²) in [4.78, 5) is 37.2. The lowest BCUT2D eigenvalue weighted by atomic mass is 9.86. The summed E-state index contributed by atoms with van der Waals surface area (Å²) in [6.45, 7) is 0.641. The van der Waals surface area contributed by atoms with Crippen LogP contribution in [0.4, 0.5) is 18.9 Å². The van der Waals surface area contributed by atoms with Gasteiger partial charge in [-0.1, -0.05) is 18.2 Å². The van der Waals surface area contributed by atoms with Crippen LogP contribution in [-0.2, 0) is 31.7 Å². The molecular weight excluding hydrogens is 415 g/mol. The molecule has 2 atom stereocenters. The number of anilines is 1. The molecule has 2 aromatic carbocycles. The number of rotatable bonds is 5. The minimum absolute atomic E-state index is 0.0277. The van der Waals surface area contributed by atoms with E-state index >= 15 is 0 Å². The number of carbonyl (C=O) groups is 3. The van der Waals surface area contributed by atoms with Crippen molar-refractivity contribution in [1.29, 1.82) is 0 Å². The Morgan fingerprint density at radius 1 is 1.19 bits per heavy atom. The van der Waals surface area contributed by atoms with Crippen LogP contribution in [0.2, 0.25) is 0 Å². The molecule has 0 bridgehead atoms. The van der Waals surface area contributed by atoms with Gasteiger partial charge in [0.25, 0.3) is 5.91 Å². The molecule has 0 N–H and O–H groups in total. The Hall–Kier alpha value is -3.36. The zero-order valence-electron chi connectivity index (χ0n) is 16.8. The standard InChI is InChI=1S/C22H20F3NO5/c1-13(28)31-20-16(14-6-8-15(30-2)9-7-14)12-17-18(22(23,24)25)4-3-5-19(17)26(10-11-27)21(20)29/h3-9,11,16,20H,10,12H2,1-2H3/t16-,20+/m0/s1. The molecule has 2 aromatic rings. The molecule has 1 aliphatic heterocycles. The number of fused-ring (bicyclic) bond motifs is 1. The van der Waals surface area contributed by atoms with E-state index in [0.717, 1.165) is 17.9 Å². The quantitative estimate of drug-likeness (QED) is 0.531. The van der Waals surface area contributed by atoms with Gasteiger partial charge >= 0.3 is 12.1 Å². The smallest absolute Gasteiger partial charge is 0.416 e. The van der Waals surface area contributed by atoms with Crippen LogP contribution >= 0.6 is 0 Å². The molecule has 1 aliphatic rings. The van der Waals surface area contributed by atoms with E-state index in [-0.39, 0.29) is 17.7 Å². The number of carbonyl (C=O) groups excluding carboxylic acids is 3. The van der Waals surface area contributed by atoms with E-state index in [1.807, 2.05) is 0 Å². The number of ether oxygens (including phenoxy) is 2. The highest BCUT2D eigenvalue weighted by Crippen LogP contribution is 2.42. The van der Waals surface area contributed by atoms with Crippen LogP contribution in [0.5, 0.6) is 5.75 Å². The van der Waals surface area contributed by atoms with Gasteiger partial charge in [0.2, 0.25) is 0 Å². The van der Waals surface area contributed by atoms with Crippen molar-refractivity contribution >= 4 is 23.9 Å². The van der Waals surface area contributed by atoms with E-state index in [1.165, 1.54) is 19.2 Å². The summed E-state index contributed by atoms with van der Waals surface area (Å²) in [5.41, 5.74) is -0.576. The SMILES string of the molecule is COc1ccc([C@@H]2Cc3c(cccc3C(F)(F)F)N(CC=O)C(=O)[C@@H]2OC(C)=O)cc1. The van der Waals surface area contributed by atoms with Gasteiger partial charge in [-0.05, 0) is 41.8 Å². The van der Waals surface area contributed by atoms with Gasteiger partial charge in [-0.2, -0.15) is 13.2 Å². The summed E-state index contributed by atoms with van der Waals surface area (Å²) in [7, 11) is 1.47. The number of esters is 1. The summed E-state index contributed by atoms with van der Waals surface area (Å²) in [6, 6.07) is 9.90. The highest BCUT2D eigenvalue weighted by molar-refractivity contribution is 6.01. The fourth-order valence-corrected chi connectivity index (χ4v) is 3.80. The van der Waals surface area contributed by atoms with Gasteiger partial charge < -0.3 is 19.2 Å². The summed E-state index contributed by atoms with van der Waals surface area (Å²) < 4.78 is 51.7. The van der Waals surface area contributed by atoms with E-state index in [9.17, 15) is 27.6 Å². The fraction of sp³-hybridized carbons (Fsp3) is 0.318. The van der Waals surface area contributed by atoms with Gasteiger partial charge in [-0.3, -0.25) is 9.59 Å². The summed E-state index contributed by atoms with van der Waals surface area (Å²) in [6.07, 6.45) is -5.89. The monoisotopic (exact) mass is 435 g/mol. The number of benzene rings is 2. The molecule has 164 valence electrons. The van der Waals surface area contributed by atoms with Crippen molar-refractivity contribution in [2.24, 2.45) is 0 Å². The molecule has 1 heterocycles. The van der Waals surface area contributed by atoms with E-state index < -0.39 is 42.2 Å². The highest BCUT2D eigenvalue weighted by atomic mass is 19.4. The fourth-order valence-electron chi connectivity index (χ4n) is 3.80. The highest BCUT2D eigenvalue weighted by Gasteiger charge is 2.43. The van der Waals surface area contributed by atoms with Gasteiger partial charge in [0.15, 0.2) is 6.10 Å². The zero-order valence-corrected chi connectivity index (χ0v) is 16.8. The molecule has 0 spiro atoms. The van der Waals surface area contributed by atoms with Crippen LogP contribution in [0.1, 0.15) is 29.5 Å². The third-order valence-corrected chi connectivity index (χ3v) is 5.14. The number of methoxy groups -OCH3 is 1. The molecule has 0 fully saturated rings. The molecular formula is C22H20F3NO5. The molecule has 0 aliphatic carbocycles. The Labute approximate surface area is 176 Å². The summed E-state index contributed by atoms with van der Waals surface area (Å²) in [5.74, 6) is -1.90. The van der Waals surface area contributed by atoms with E-state index in [0.29, 0.717) is 17.6 Å². The molecule has 0 unspecified atom stereocenters. The third-order valence-electron chi connectivity index (χ3n) is 5.14. The van der Waals surface area contributed by atoms with Gasteiger partial charge in [0.1, 0.15) is 12.0 Å². The molecule has 3 rings (SSSR count). The first-order chi connectivity index (χ1) is 14.7. The number of alkyl halides is 3. The predicted molar refractivity (Wildman–Crippen MR) is 105 cm³/mol. The first kappa shape index (κ1) is 22.3. The first-order valence-corrected chi connectivity index (χ1v) is 9.42. The molecule has 0 radical (unpaired) electrons. The Bertz CT molecular complexity index is 988. The lowest BCUT2D eigenvalue weighted by Gasteiger charge is -2.27. The van der Waals surface area contributed by atoms with Crippen molar-refractivity contribution in [3.8, 4) is 5.75 Å². The second-order valence-electron chi connectivity index (χ2n) is 7.03. The topological polar surface area (TPSA) is 72.9 Å². The van der Waals surface area contributed by atoms with Crippen molar-refractivity contribution in [3.05, 3.63) is 59.2 Å². The van der Waals surface area contributed by atoms with E-state index in [4.69, 9.17) is 9.47 Å². The van der Waals surface area contributed by atoms with Crippen LogP contribution in [0, 0.1) is 0 Å². The van der Waals surface area contributed by atoms with Gasteiger partial charge in [0, 0.05) is 18.5 Å². The van der Waals surface area contributed by atoms with Crippen molar-refractivity contribution in [1.82, 2.24) is 0 Å². The Morgan fingerprint density at radius 3 is 2.42 bits per heavy atom. The Balaban J connectivity index is 2.23. The van der Waals surface area contributed by atoms with Gasteiger partial charge in [0.05, 0.1) is 19.2 Å². The van der Waals surface area contributed by atoms with Crippen LogP contribution in [0.3, 0.4) is 0 Å². The van der Waals surface area contributed by atoms with Crippen molar-refractivity contribution in [3.63, 3.8) is 0 Å². The maximum atomic E-state index is 13.8. The number of hydrogen-bond donors (Lipinski definition) is 0. The van der Waals surface area contributed by atoms with Crippen LogP contribution in [0.15, 0.2) is 42.5 Å².